The van der Waals surface area contributed by atoms with E-state index in [0.717, 1.165) is 12.5 Å². The molecule has 0 saturated heterocycles. The Morgan fingerprint density at radius 3 is 3.56 bits per heavy atom. The van der Waals surface area contributed by atoms with Gasteiger partial charge in [0.05, 0.1) is 6.54 Å². The van der Waals surface area contributed by atoms with Crippen LogP contribution in [0.4, 0.5) is 5.95 Å². The SMILES string of the molecule is C1=NNc2nccn2C1. The zero-order valence-corrected chi connectivity index (χ0v) is 4.78. The van der Waals surface area contributed by atoms with Crippen LogP contribution in [-0.4, -0.2) is 15.8 Å². The first-order valence-corrected chi connectivity index (χ1v) is 2.75. The Labute approximate surface area is 52.2 Å². The van der Waals surface area contributed by atoms with Crippen LogP contribution in [0.5, 0.6) is 0 Å². The van der Waals surface area contributed by atoms with Crippen LogP contribution in [-0.2, 0) is 6.54 Å². The maximum atomic E-state index is 3.99. The lowest BCUT2D eigenvalue weighted by atomic mass is 10.6. The highest BCUT2D eigenvalue weighted by molar-refractivity contribution is 5.61. The molecule has 0 radical (unpaired) electrons. The standard InChI is InChI=1S/C5H6N4/c1-3-9-4-2-7-8-5(9)6-1/h1-3H,4H2,(H,6,8). The van der Waals surface area contributed by atoms with Gasteiger partial charge in [0, 0.05) is 18.6 Å². The van der Waals surface area contributed by atoms with Crippen molar-refractivity contribution in [3.8, 4) is 0 Å². The van der Waals surface area contributed by atoms with Crippen molar-refractivity contribution in [2.24, 2.45) is 5.10 Å². The van der Waals surface area contributed by atoms with Gasteiger partial charge in [-0.25, -0.2) is 10.4 Å². The topological polar surface area (TPSA) is 42.2 Å². The molecule has 0 fully saturated rings. The van der Waals surface area contributed by atoms with E-state index < -0.39 is 0 Å². The molecule has 0 aliphatic carbocycles. The number of fused-ring (bicyclic) bond motifs is 1. The van der Waals surface area contributed by atoms with Crippen molar-refractivity contribution < 1.29 is 0 Å². The van der Waals surface area contributed by atoms with Gasteiger partial charge in [-0.3, -0.25) is 0 Å². The van der Waals surface area contributed by atoms with Crippen LogP contribution in [0.25, 0.3) is 0 Å². The fourth-order valence-electron chi connectivity index (χ4n) is 0.802. The maximum Gasteiger partial charge on any atom is 0.223 e. The molecular formula is C5H6N4. The first kappa shape index (κ1) is 4.55. The number of anilines is 1. The monoisotopic (exact) mass is 122 g/mol. The number of imidazole rings is 1. The third-order valence-corrected chi connectivity index (χ3v) is 1.25. The normalized spacial score (nSPS) is 14.7. The van der Waals surface area contributed by atoms with E-state index in [-0.39, 0.29) is 0 Å². The summed E-state index contributed by atoms with van der Waals surface area (Å²) in [4.78, 5) is 3.99. The fourth-order valence-corrected chi connectivity index (χ4v) is 0.802. The molecular weight excluding hydrogens is 116 g/mol. The van der Waals surface area contributed by atoms with E-state index in [9.17, 15) is 0 Å². The number of nitrogens with zero attached hydrogens (tertiary/aromatic N) is 3. The van der Waals surface area contributed by atoms with Gasteiger partial charge in [-0.15, -0.1) is 0 Å². The zero-order chi connectivity index (χ0) is 6.10. The summed E-state index contributed by atoms with van der Waals surface area (Å²) in [5.41, 5.74) is 2.76. The summed E-state index contributed by atoms with van der Waals surface area (Å²) in [6.45, 7) is 0.822. The van der Waals surface area contributed by atoms with Crippen LogP contribution in [0, 0.1) is 0 Å². The molecule has 1 N–H and O–H groups in total. The second kappa shape index (κ2) is 1.58. The van der Waals surface area contributed by atoms with Crippen molar-refractivity contribution in [3.05, 3.63) is 12.4 Å². The molecule has 0 spiro atoms. The minimum Gasteiger partial charge on any atom is -0.311 e. The summed E-state index contributed by atoms with van der Waals surface area (Å²) in [6, 6.07) is 0. The highest BCUT2D eigenvalue weighted by Crippen LogP contribution is 2.05. The second-order valence-corrected chi connectivity index (χ2v) is 1.83. The van der Waals surface area contributed by atoms with E-state index in [2.05, 4.69) is 15.5 Å². The molecule has 0 aromatic carbocycles. The molecule has 2 rings (SSSR count). The Balaban J connectivity index is 2.46. The largest absolute Gasteiger partial charge is 0.311 e. The minimum absolute atomic E-state index is 0.817. The first-order valence-electron chi connectivity index (χ1n) is 2.75. The molecule has 0 atom stereocenters. The molecule has 1 aromatic rings. The summed E-state index contributed by atoms with van der Waals surface area (Å²) in [6.07, 6.45) is 5.46. The first-order chi connectivity index (χ1) is 4.47. The zero-order valence-electron chi connectivity index (χ0n) is 4.78. The summed E-state index contributed by atoms with van der Waals surface area (Å²) in [5, 5.41) is 3.83. The van der Waals surface area contributed by atoms with Crippen molar-refractivity contribution in [2.75, 3.05) is 5.43 Å². The molecule has 1 aromatic heterocycles. The predicted octanol–water partition coefficient (Wildman–Crippen LogP) is 0.294. The van der Waals surface area contributed by atoms with Crippen LogP contribution >= 0.6 is 0 Å². The van der Waals surface area contributed by atoms with Gasteiger partial charge in [0.1, 0.15) is 0 Å². The van der Waals surface area contributed by atoms with E-state index in [0.29, 0.717) is 0 Å². The van der Waals surface area contributed by atoms with Crippen LogP contribution in [0.15, 0.2) is 17.5 Å². The van der Waals surface area contributed by atoms with Gasteiger partial charge in [-0.05, 0) is 0 Å². The predicted molar refractivity (Wildman–Crippen MR) is 34.3 cm³/mol. The van der Waals surface area contributed by atoms with Gasteiger partial charge in [-0.1, -0.05) is 0 Å². The number of hydrogen-bond acceptors (Lipinski definition) is 3. The van der Waals surface area contributed by atoms with Crippen LogP contribution < -0.4 is 5.43 Å². The number of hydrazone groups is 1. The molecule has 4 heteroatoms. The quantitative estimate of drug-likeness (QED) is 0.537. The number of nitrogens with one attached hydrogen (secondary N) is 1. The van der Waals surface area contributed by atoms with Gasteiger partial charge in [0.25, 0.3) is 0 Å². The third kappa shape index (κ3) is 0.595. The average molecular weight is 122 g/mol. The molecule has 2 heterocycles. The van der Waals surface area contributed by atoms with Crippen LogP contribution in [0.3, 0.4) is 0 Å². The van der Waals surface area contributed by atoms with Gasteiger partial charge in [0.15, 0.2) is 0 Å². The average Bonchev–Trinajstić information content (AvgIpc) is 2.33. The molecule has 1 aliphatic heterocycles. The van der Waals surface area contributed by atoms with Crippen molar-refractivity contribution in [3.63, 3.8) is 0 Å². The molecule has 0 bridgehead atoms. The molecule has 0 amide bonds. The molecule has 46 valence electrons. The smallest absolute Gasteiger partial charge is 0.223 e. The van der Waals surface area contributed by atoms with Crippen LogP contribution in [0.2, 0.25) is 0 Å². The minimum atomic E-state index is 0.817. The lowest BCUT2D eigenvalue weighted by Gasteiger charge is -2.06. The Hall–Kier alpha value is -1.32. The number of rotatable bonds is 0. The Kier molecular flexibility index (Phi) is 0.798. The van der Waals surface area contributed by atoms with Gasteiger partial charge < -0.3 is 4.57 Å². The summed E-state index contributed by atoms with van der Waals surface area (Å²) >= 11 is 0. The summed E-state index contributed by atoms with van der Waals surface area (Å²) < 4.78 is 1.98. The van der Waals surface area contributed by atoms with Gasteiger partial charge >= 0.3 is 0 Å². The van der Waals surface area contributed by atoms with E-state index in [4.69, 9.17) is 0 Å². The highest BCUT2D eigenvalue weighted by atomic mass is 15.4. The highest BCUT2D eigenvalue weighted by Gasteiger charge is 2.01. The molecule has 0 saturated carbocycles. The van der Waals surface area contributed by atoms with Crippen molar-refractivity contribution in [1.29, 1.82) is 0 Å². The van der Waals surface area contributed by atoms with Crippen molar-refractivity contribution in [2.45, 2.75) is 6.54 Å². The fraction of sp³-hybridized carbons (Fsp3) is 0.200. The third-order valence-electron chi connectivity index (χ3n) is 1.25. The van der Waals surface area contributed by atoms with Gasteiger partial charge in [0.2, 0.25) is 5.95 Å². The Morgan fingerprint density at radius 1 is 1.67 bits per heavy atom. The molecule has 0 unspecified atom stereocenters. The number of hydrogen-bond donors (Lipinski definition) is 1. The molecule has 4 nitrogen and oxygen atoms in total. The lowest BCUT2D eigenvalue weighted by molar-refractivity contribution is 0.840. The van der Waals surface area contributed by atoms with Crippen LogP contribution in [0.1, 0.15) is 0 Å². The summed E-state index contributed by atoms with van der Waals surface area (Å²) in [7, 11) is 0. The molecule has 1 aliphatic rings. The number of aromatic nitrogens is 2. The van der Waals surface area contributed by atoms with E-state index in [1.807, 2.05) is 10.8 Å². The summed E-state index contributed by atoms with van der Waals surface area (Å²) in [5.74, 6) is 0.817. The molecule has 9 heavy (non-hydrogen) atoms. The van der Waals surface area contributed by atoms with E-state index in [1.165, 1.54) is 0 Å². The second-order valence-electron chi connectivity index (χ2n) is 1.83. The van der Waals surface area contributed by atoms with Crippen molar-refractivity contribution >= 4 is 12.2 Å². The Morgan fingerprint density at radius 2 is 2.67 bits per heavy atom. The van der Waals surface area contributed by atoms with Gasteiger partial charge in [-0.2, -0.15) is 5.10 Å². The van der Waals surface area contributed by atoms with Crippen molar-refractivity contribution in [1.82, 2.24) is 9.55 Å². The van der Waals surface area contributed by atoms with E-state index >= 15 is 0 Å². The Bertz CT molecular complexity index is 214. The maximum absolute atomic E-state index is 3.99. The lowest BCUT2D eigenvalue weighted by Crippen LogP contribution is -2.09. The van der Waals surface area contributed by atoms with E-state index in [1.54, 1.807) is 12.4 Å².